The molecule has 0 N–H and O–H groups in total. The molecule has 0 amide bonds. The van der Waals surface area contributed by atoms with Crippen LogP contribution in [0.25, 0.3) is 5.52 Å². The van der Waals surface area contributed by atoms with Crippen molar-refractivity contribution in [2.45, 2.75) is 13.3 Å². The largest absolute Gasteiger partial charge is 0.465 e. The highest BCUT2D eigenvalue weighted by Gasteiger charge is 2.16. The zero-order chi connectivity index (χ0) is 11.7. The molecule has 0 unspecified atom stereocenters. The van der Waals surface area contributed by atoms with E-state index < -0.39 is 5.97 Å². The van der Waals surface area contributed by atoms with Crippen LogP contribution in [0.15, 0.2) is 18.3 Å². The van der Waals surface area contributed by atoms with Crippen LogP contribution in [0.3, 0.4) is 0 Å². The SMILES string of the molecule is CCc1nc(Cl)c2c(C(=O)OC)cccn12. The molecule has 0 aliphatic rings. The average Bonchev–Trinajstić information content (AvgIpc) is 2.65. The molecule has 0 saturated heterocycles. The summed E-state index contributed by atoms with van der Waals surface area (Å²) in [5.41, 5.74) is 1.04. The van der Waals surface area contributed by atoms with Gasteiger partial charge in [-0.15, -0.1) is 0 Å². The van der Waals surface area contributed by atoms with Crippen LogP contribution in [0.1, 0.15) is 23.1 Å². The molecule has 16 heavy (non-hydrogen) atoms. The highest BCUT2D eigenvalue weighted by atomic mass is 35.5. The van der Waals surface area contributed by atoms with E-state index >= 15 is 0 Å². The van der Waals surface area contributed by atoms with Crippen molar-refractivity contribution < 1.29 is 9.53 Å². The zero-order valence-electron chi connectivity index (χ0n) is 9.03. The van der Waals surface area contributed by atoms with Crippen LogP contribution < -0.4 is 0 Å². The summed E-state index contributed by atoms with van der Waals surface area (Å²) in [6, 6.07) is 3.45. The molecule has 2 heterocycles. The van der Waals surface area contributed by atoms with Crippen LogP contribution in [0.4, 0.5) is 0 Å². The first-order chi connectivity index (χ1) is 7.69. The summed E-state index contributed by atoms with van der Waals surface area (Å²) in [5, 5.41) is 0.331. The van der Waals surface area contributed by atoms with Crippen LogP contribution in [0.5, 0.6) is 0 Å². The first kappa shape index (κ1) is 11.0. The van der Waals surface area contributed by atoms with E-state index in [0.29, 0.717) is 16.2 Å². The fourth-order valence-corrected chi connectivity index (χ4v) is 1.97. The predicted molar refractivity (Wildman–Crippen MR) is 60.9 cm³/mol. The number of esters is 1. The Kier molecular flexibility index (Phi) is 2.83. The Morgan fingerprint density at radius 1 is 1.62 bits per heavy atom. The van der Waals surface area contributed by atoms with Gasteiger partial charge in [0.15, 0.2) is 5.15 Å². The third-order valence-corrected chi connectivity index (χ3v) is 2.68. The molecule has 0 atom stereocenters. The van der Waals surface area contributed by atoms with Crippen LogP contribution in [0, 0.1) is 0 Å². The number of fused-ring (bicyclic) bond motifs is 1. The minimum atomic E-state index is -0.407. The fourth-order valence-electron chi connectivity index (χ4n) is 1.68. The Hall–Kier alpha value is -1.55. The van der Waals surface area contributed by atoms with Gasteiger partial charge in [-0.2, -0.15) is 0 Å². The molecule has 0 radical (unpaired) electrons. The minimum absolute atomic E-state index is 0.331. The molecule has 0 aliphatic carbocycles. The number of pyridine rings is 1. The molecular formula is C11H11ClN2O2. The number of hydrogen-bond acceptors (Lipinski definition) is 3. The summed E-state index contributed by atoms with van der Waals surface area (Å²) in [7, 11) is 1.34. The van der Waals surface area contributed by atoms with E-state index in [9.17, 15) is 4.79 Å². The number of hydrogen-bond donors (Lipinski definition) is 0. The van der Waals surface area contributed by atoms with Gasteiger partial charge in [0.2, 0.25) is 0 Å². The van der Waals surface area contributed by atoms with Gasteiger partial charge in [0.05, 0.1) is 18.2 Å². The number of methoxy groups -OCH3 is 1. The second-order valence-electron chi connectivity index (χ2n) is 3.30. The van der Waals surface area contributed by atoms with Crippen LogP contribution in [-0.2, 0) is 11.2 Å². The molecule has 2 aromatic heterocycles. The summed E-state index contributed by atoms with van der Waals surface area (Å²) in [5.74, 6) is 0.417. The standard InChI is InChI=1S/C11H11ClN2O2/c1-3-8-13-10(12)9-7(11(15)16-2)5-4-6-14(8)9/h4-6H,3H2,1-2H3. The molecule has 0 fully saturated rings. The highest BCUT2D eigenvalue weighted by molar-refractivity contribution is 6.33. The van der Waals surface area contributed by atoms with Gasteiger partial charge in [0.25, 0.3) is 0 Å². The lowest BCUT2D eigenvalue weighted by atomic mass is 10.2. The van der Waals surface area contributed by atoms with Crippen molar-refractivity contribution in [2.24, 2.45) is 0 Å². The first-order valence-electron chi connectivity index (χ1n) is 4.92. The third-order valence-electron chi connectivity index (χ3n) is 2.42. The molecule has 0 bridgehead atoms. The lowest BCUT2D eigenvalue weighted by Gasteiger charge is -2.03. The molecule has 2 aromatic rings. The number of carbonyl (C=O) groups is 1. The van der Waals surface area contributed by atoms with Gasteiger partial charge in [-0.05, 0) is 12.1 Å². The summed E-state index contributed by atoms with van der Waals surface area (Å²) in [6.45, 7) is 1.98. The molecule has 5 heteroatoms. The van der Waals surface area contributed by atoms with Crippen molar-refractivity contribution in [3.8, 4) is 0 Å². The van der Waals surface area contributed by atoms with Crippen LogP contribution >= 0.6 is 11.6 Å². The summed E-state index contributed by atoms with van der Waals surface area (Å²) >= 11 is 6.02. The van der Waals surface area contributed by atoms with Crippen molar-refractivity contribution in [3.63, 3.8) is 0 Å². The maximum Gasteiger partial charge on any atom is 0.340 e. The van der Waals surface area contributed by atoms with Crippen molar-refractivity contribution in [1.82, 2.24) is 9.38 Å². The molecule has 0 aromatic carbocycles. The third kappa shape index (κ3) is 1.55. The predicted octanol–water partition coefficient (Wildman–Crippen LogP) is 2.34. The van der Waals surface area contributed by atoms with Gasteiger partial charge < -0.3 is 9.14 Å². The van der Waals surface area contributed by atoms with Crippen LogP contribution in [-0.4, -0.2) is 22.5 Å². The van der Waals surface area contributed by atoms with E-state index in [4.69, 9.17) is 16.3 Å². The Bertz CT molecular complexity index is 548. The fraction of sp³-hybridized carbons (Fsp3) is 0.273. The number of nitrogens with zero attached hydrogens (tertiary/aromatic N) is 2. The van der Waals surface area contributed by atoms with E-state index in [0.717, 1.165) is 12.2 Å². The Morgan fingerprint density at radius 3 is 3.00 bits per heavy atom. The van der Waals surface area contributed by atoms with Crippen LogP contribution in [0.2, 0.25) is 5.15 Å². The second-order valence-corrected chi connectivity index (χ2v) is 3.66. The van der Waals surface area contributed by atoms with E-state index in [1.54, 1.807) is 12.1 Å². The number of carbonyl (C=O) groups excluding carboxylic acids is 1. The summed E-state index contributed by atoms with van der Waals surface area (Å²) in [6.07, 6.45) is 2.58. The summed E-state index contributed by atoms with van der Waals surface area (Å²) in [4.78, 5) is 15.8. The van der Waals surface area contributed by atoms with E-state index in [-0.39, 0.29) is 0 Å². The maximum absolute atomic E-state index is 11.6. The molecule has 84 valence electrons. The average molecular weight is 239 g/mol. The second kappa shape index (κ2) is 4.14. The number of aryl methyl sites for hydroxylation is 1. The van der Waals surface area contributed by atoms with Crippen molar-refractivity contribution in [3.05, 3.63) is 34.9 Å². The van der Waals surface area contributed by atoms with E-state index in [1.807, 2.05) is 17.5 Å². The minimum Gasteiger partial charge on any atom is -0.465 e. The molecule has 0 spiro atoms. The molecule has 0 aliphatic heterocycles. The molecule has 4 nitrogen and oxygen atoms in total. The van der Waals surface area contributed by atoms with Crippen molar-refractivity contribution in [2.75, 3.05) is 7.11 Å². The van der Waals surface area contributed by atoms with Gasteiger partial charge in [-0.1, -0.05) is 18.5 Å². The Labute approximate surface area is 97.8 Å². The number of halogens is 1. The van der Waals surface area contributed by atoms with Gasteiger partial charge in [-0.3, -0.25) is 0 Å². The Balaban J connectivity index is 2.77. The number of aromatic nitrogens is 2. The Morgan fingerprint density at radius 2 is 2.38 bits per heavy atom. The van der Waals surface area contributed by atoms with Gasteiger partial charge in [0, 0.05) is 12.6 Å². The molecule has 0 saturated carbocycles. The maximum atomic E-state index is 11.6. The lowest BCUT2D eigenvalue weighted by molar-refractivity contribution is 0.0602. The van der Waals surface area contributed by atoms with E-state index in [1.165, 1.54) is 7.11 Å². The van der Waals surface area contributed by atoms with Gasteiger partial charge in [-0.25, -0.2) is 9.78 Å². The van der Waals surface area contributed by atoms with Crippen molar-refractivity contribution in [1.29, 1.82) is 0 Å². The highest BCUT2D eigenvalue weighted by Crippen LogP contribution is 2.23. The number of ether oxygens (including phenoxy) is 1. The zero-order valence-corrected chi connectivity index (χ0v) is 9.78. The van der Waals surface area contributed by atoms with Gasteiger partial charge in [0.1, 0.15) is 5.82 Å². The topological polar surface area (TPSA) is 43.6 Å². The van der Waals surface area contributed by atoms with E-state index in [2.05, 4.69) is 4.98 Å². The monoisotopic (exact) mass is 238 g/mol. The summed E-state index contributed by atoms with van der Waals surface area (Å²) < 4.78 is 6.52. The molecule has 2 rings (SSSR count). The van der Waals surface area contributed by atoms with Crippen molar-refractivity contribution >= 4 is 23.1 Å². The smallest absolute Gasteiger partial charge is 0.340 e. The normalized spacial score (nSPS) is 10.7. The molecular weight excluding hydrogens is 228 g/mol. The first-order valence-corrected chi connectivity index (χ1v) is 5.30. The van der Waals surface area contributed by atoms with Gasteiger partial charge >= 0.3 is 5.97 Å². The lowest BCUT2D eigenvalue weighted by Crippen LogP contribution is -2.04. The number of rotatable bonds is 2. The quantitative estimate of drug-likeness (QED) is 0.755. The number of imidazole rings is 1.